The number of likely N-dealkylation sites (tertiary alicyclic amines) is 1. The van der Waals surface area contributed by atoms with Gasteiger partial charge in [0.05, 0.1) is 10.9 Å². The normalized spacial score (nSPS) is 26.3. The monoisotopic (exact) mass is 688 g/mol. The predicted molar refractivity (Wildman–Crippen MR) is 150 cm³/mol. The van der Waals surface area contributed by atoms with Crippen molar-refractivity contribution in [2.75, 3.05) is 36.0 Å². The van der Waals surface area contributed by atoms with Gasteiger partial charge in [0.1, 0.15) is 4.75 Å². The van der Waals surface area contributed by atoms with E-state index in [0.717, 1.165) is 6.07 Å². The number of hydrogen-bond donors (Lipinski definition) is 0. The summed E-state index contributed by atoms with van der Waals surface area (Å²) < 4.78 is 136. The number of benzene rings is 2. The lowest BCUT2D eigenvalue weighted by molar-refractivity contribution is -0.348. The van der Waals surface area contributed by atoms with Crippen molar-refractivity contribution in [1.29, 1.82) is 0 Å². The van der Waals surface area contributed by atoms with E-state index >= 15 is 4.39 Å². The number of alkyl halides is 7. The van der Waals surface area contributed by atoms with Crippen molar-refractivity contribution in [3.63, 3.8) is 0 Å². The quantitative estimate of drug-likeness (QED) is 0.366. The molecule has 2 fully saturated rings. The first-order valence-electron chi connectivity index (χ1n) is 13.8. The third-order valence-electron chi connectivity index (χ3n) is 9.01. The molecule has 0 radical (unpaired) electrons. The minimum absolute atomic E-state index is 0.00574. The van der Waals surface area contributed by atoms with E-state index in [2.05, 4.69) is 0 Å². The molecule has 0 N–H and O–H groups in total. The smallest absolute Gasteiger partial charge is 0.369 e. The molecule has 44 heavy (non-hydrogen) atoms. The zero-order valence-electron chi connectivity index (χ0n) is 23.2. The molecule has 2 aromatic carbocycles. The van der Waals surface area contributed by atoms with Gasteiger partial charge < -0.3 is 9.80 Å². The molecular formula is C28H28ClF7N2O4S2. The zero-order chi connectivity index (χ0) is 32.5. The summed E-state index contributed by atoms with van der Waals surface area (Å²) in [6, 6.07) is 5.63. The third kappa shape index (κ3) is 4.91. The number of hydrogen-bond acceptors (Lipinski definition) is 5. The fourth-order valence-corrected chi connectivity index (χ4v) is 10.4. The third-order valence-corrected chi connectivity index (χ3v) is 13.2. The second-order valence-corrected chi connectivity index (χ2v) is 15.5. The lowest BCUT2D eigenvalue weighted by atomic mass is 9.82. The number of rotatable bonds is 5. The Labute approximate surface area is 256 Å². The highest BCUT2D eigenvalue weighted by Crippen LogP contribution is 2.57. The highest BCUT2D eigenvalue weighted by molar-refractivity contribution is 7.92. The topological polar surface area (TPSA) is 74.8 Å². The van der Waals surface area contributed by atoms with Gasteiger partial charge in [0, 0.05) is 64.1 Å². The number of nitrogens with zero attached hydrogens (tertiary/aromatic N) is 2. The van der Waals surface area contributed by atoms with Crippen LogP contribution >= 0.6 is 11.6 Å². The number of carbonyl (C=O) groups excluding carboxylic acids is 1. The molecule has 0 saturated carbocycles. The van der Waals surface area contributed by atoms with Gasteiger partial charge in [-0.15, -0.1) is 0 Å². The van der Waals surface area contributed by atoms with Crippen molar-refractivity contribution < 1.29 is 48.2 Å². The molecule has 16 heteroatoms. The van der Waals surface area contributed by atoms with Crippen molar-refractivity contribution in [2.45, 2.75) is 59.9 Å². The van der Waals surface area contributed by atoms with Crippen molar-refractivity contribution >= 4 is 43.8 Å². The van der Waals surface area contributed by atoms with Crippen LogP contribution in [-0.4, -0.2) is 73.0 Å². The van der Waals surface area contributed by atoms with Gasteiger partial charge in [-0.3, -0.25) is 9.00 Å². The van der Waals surface area contributed by atoms with Crippen LogP contribution in [0, 0.1) is 5.92 Å². The Morgan fingerprint density at radius 2 is 1.59 bits per heavy atom. The van der Waals surface area contributed by atoms with Crippen LogP contribution < -0.4 is 4.90 Å². The van der Waals surface area contributed by atoms with E-state index in [1.165, 1.54) is 34.1 Å². The van der Waals surface area contributed by atoms with E-state index in [-0.39, 0.29) is 53.1 Å². The summed E-state index contributed by atoms with van der Waals surface area (Å²) in [5.74, 6) is -0.266. The maximum absolute atomic E-state index is 15.2. The average Bonchev–Trinajstić information content (AvgIpc) is 3.36. The standard InChI is InChI=1S/C28H28ClF7N2O4S2/c1-2-37-16-23-25(44(41,42)20-6-4-19(29)5-7-20,11-12-38(23)24(39)17-9-13-43(40)14-10-17)21-8-3-18(15-22(21)37)26(30,27(31,32)33)28(34,35)36/h3-8,15,17,23H,2,9-14,16H2,1H3. The minimum Gasteiger partial charge on any atom is -0.369 e. The van der Waals surface area contributed by atoms with Gasteiger partial charge in [0.2, 0.25) is 5.91 Å². The van der Waals surface area contributed by atoms with Crippen LogP contribution in [0.4, 0.5) is 36.4 Å². The molecule has 3 aliphatic rings. The Balaban J connectivity index is 1.72. The molecule has 0 spiro atoms. The summed E-state index contributed by atoms with van der Waals surface area (Å²) in [5, 5.41) is 0.223. The zero-order valence-corrected chi connectivity index (χ0v) is 25.6. The minimum atomic E-state index is -6.36. The van der Waals surface area contributed by atoms with Crippen LogP contribution in [0.5, 0.6) is 0 Å². The molecule has 2 atom stereocenters. The van der Waals surface area contributed by atoms with Gasteiger partial charge in [-0.25, -0.2) is 12.8 Å². The van der Waals surface area contributed by atoms with Gasteiger partial charge in [-0.2, -0.15) is 26.3 Å². The lowest BCUT2D eigenvalue weighted by Crippen LogP contribution is -2.59. The second-order valence-electron chi connectivity index (χ2n) is 11.2. The van der Waals surface area contributed by atoms with Crippen LogP contribution in [0.1, 0.15) is 37.3 Å². The molecule has 3 heterocycles. The van der Waals surface area contributed by atoms with Crippen LogP contribution in [0.25, 0.3) is 0 Å². The summed E-state index contributed by atoms with van der Waals surface area (Å²) in [5.41, 5.74) is -7.86. The van der Waals surface area contributed by atoms with Crippen molar-refractivity contribution in [3.05, 3.63) is 58.6 Å². The summed E-state index contributed by atoms with van der Waals surface area (Å²) in [6.07, 6.45) is -12.3. The van der Waals surface area contributed by atoms with Crippen LogP contribution in [0.15, 0.2) is 47.4 Å². The van der Waals surface area contributed by atoms with Crippen LogP contribution in [0.3, 0.4) is 0 Å². The SMILES string of the molecule is CCN1CC2N(C(=O)C3CCS(=O)CC3)CCC2(S(=O)(=O)c2ccc(Cl)cc2)c2ccc(C(F)(C(F)(F)F)C(F)(F)F)cc21. The molecular weight excluding hydrogens is 661 g/mol. The number of likely N-dealkylation sites (N-methyl/N-ethyl adjacent to an activating group) is 1. The van der Waals surface area contributed by atoms with E-state index in [1.54, 1.807) is 6.92 Å². The molecule has 1 amide bonds. The molecule has 0 aromatic heterocycles. The van der Waals surface area contributed by atoms with Crippen molar-refractivity contribution in [2.24, 2.45) is 5.92 Å². The fourth-order valence-electron chi connectivity index (χ4n) is 6.70. The Kier molecular flexibility index (Phi) is 8.36. The number of amides is 1. The second kappa shape index (κ2) is 11.1. The number of halogens is 8. The summed E-state index contributed by atoms with van der Waals surface area (Å²) in [4.78, 5) is 16.4. The molecule has 2 aromatic rings. The molecule has 5 rings (SSSR count). The molecule has 0 aliphatic carbocycles. The Morgan fingerprint density at radius 3 is 2.14 bits per heavy atom. The molecule has 242 valence electrons. The van der Waals surface area contributed by atoms with Crippen LogP contribution in [-0.2, 0) is 35.8 Å². The highest BCUT2D eigenvalue weighted by Gasteiger charge is 2.74. The first-order chi connectivity index (χ1) is 20.4. The number of sulfone groups is 1. The first kappa shape index (κ1) is 33.0. The van der Waals surface area contributed by atoms with Crippen molar-refractivity contribution in [1.82, 2.24) is 4.90 Å². The largest absolute Gasteiger partial charge is 0.435 e. The Hall–Kier alpha value is -2.39. The maximum Gasteiger partial charge on any atom is 0.435 e. The fraction of sp³-hybridized carbons (Fsp3) is 0.536. The maximum atomic E-state index is 15.2. The Bertz CT molecular complexity index is 1560. The summed E-state index contributed by atoms with van der Waals surface area (Å²) >= 11 is 5.98. The van der Waals surface area contributed by atoms with Gasteiger partial charge in [0.15, 0.2) is 9.84 Å². The van der Waals surface area contributed by atoms with E-state index < -0.39 is 60.9 Å². The van der Waals surface area contributed by atoms with E-state index in [9.17, 15) is 43.8 Å². The lowest BCUT2D eigenvalue weighted by Gasteiger charge is -2.48. The molecule has 2 unspecified atom stereocenters. The first-order valence-corrected chi connectivity index (χ1v) is 17.1. The predicted octanol–water partition coefficient (Wildman–Crippen LogP) is 5.90. The van der Waals surface area contributed by atoms with Gasteiger partial charge in [-0.1, -0.05) is 23.7 Å². The average molecular weight is 689 g/mol. The summed E-state index contributed by atoms with van der Waals surface area (Å²) in [6.45, 7) is 1.25. The number of anilines is 1. The van der Waals surface area contributed by atoms with Crippen LogP contribution in [0.2, 0.25) is 5.02 Å². The van der Waals surface area contributed by atoms with E-state index in [0.29, 0.717) is 36.5 Å². The van der Waals surface area contributed by atoms with Gasteiger partial charge in [0.25, 0.3) is 0 Å². The Morgan fingerprint density at radius 1 is 1.00 bits per heavy atom. The molecule has 0 bridgehead atoms. The summed E-state index contributed by atoms with van der Waals surface area (Å²) in [7, 11) is -5.57. The van der Waals surface area contributed by atoms with E-state index in [1.807, 2.05) is 0 Å². The van der Waals surface area contributed by atoms with Gasteiger partial charge >= 0.3 is 18.0 Å². The number of fused-ring (bicyclic) bond motifs is 3. The van der Waals surface area contributed by atoms with E-state index in [4.69, 9.17) is 11.6 Å². The molecule has 6 nitrogen and oxygen atoms in total. The van der Waals surface area contributed by atoms with Crippen molar-refractivity contribution in [3.8, 4) is 0 Å². The molecule has 3 aliphatic heterocycles. The number of carbonyl (C=O) groups is 1. The molecule has 2 saturated heterocycles. The van der Waals surface area contributed by atoms with Gasteiger partial charge in [-0.05, 0) is 62.1 Å². The highest BCUT2D eigenvalue weighted by atomic mass is 35.5.